The van der Waals surface area contributed by atoms with Gasteiger partial charge in [0.1, 0.15) is 12.4 Å². The standard InChI is InChI=1S/C9H7NO4/c10-9(12)14-6-1-2-7-5(3-6)4-13-8(7)11/h1-3H,4H2,(H2,10,12). The Labute approximate surface area is 79.4 Å². The lowest BCUT2D eigenvalue weighted by Gasteiger charge is -2.00. The molecule has 1 aliphatic rings. The Kier molecular flexibility index (Phi) is 1.85. The van der Waals surface area contributed by atoms with Crippen molar-refractivity contribution in [1.82, 2.24) is 0 Å². The molecule has 14 heavy (non-hydrogen) atoms. The van der Waals surface area contributed by atoms with E-state index in [-0.39, 0.29) is 12.6 Å². The van der Waals surface area contributed by atoms with Gasteiger partial charge in [0.05, 0.1) is 5.56 Å². The Balaban J connectivity index is 2.32. The molecule has 1 aromatic carbocycles. The van der Waals surface area contributed by atoms with Crippen molar-refractivity contribution >= 4 is 12.1 Å². The second-order valence-corrected chi connectivity index (χ2v) is 2.82. The highest BCUT2D eigenvalue weighted by Gasteiger charge is 2.21. The predicted molar refractivity (Wildman–Crippen MR) is 45.8 cm³/mol. The Hall–Kier alpha value is -2.04. The Morgan fingerprint density at radius 3 is 3.00 bits per heavy atom. The largest absolute Gasteiger partial charge is 0.457 e. The normalized spacial score (nSPS) is 13.3. The summed E-state index contributed by atoms with van der Waals surface area (Å²) in [5.41, 5.74) is 6.04. The van der Waals surface area contributed by atoms with Gasteiger partial charge in [0.25, 0.3) is 0 Å². The van der Waals surface area contributed by atoms with Crippen LogP contribution in [-0.2, 0) is 11.3 Å². The third kappa shape index (κ3) is 1.39. The Bertz CT molecular complexity index is 413. The summed E-state index contributed by atoms with van der Waals surface area (Å²) in [5, 5.41) is 0. The number of amides is 1. The van der Waals surface area contributed by atoms with Crippen molar-refractivity contribution < 1.29 is 19.1 Å². The first-order chi connectivity index (χ1) is 6.66. The van der Waals surface area contributed by atoms with E-state index in [0.29, 0.717) is 16.9 Å². The highest BCUT2D eigenvalue weighted by atomic mass is 16.5. The molecule has 0 saturated heterocycles. The molecule has 1 aromatic rings. The van der Waals surface area contributed by atoms with Gasteiger partial charge < -0.3 is 15.2 Å². The quantitative estimate of drug-likeness (QED) is 0.669. The zero-order valence-corrected chi connectivity index (χ0v) is 7.15. The van der Waals surface area contributed by atoms with Crippen molar-refractivity contribution in [3.63, 3.8) is 0 Å². The number of benzene rings is 1. The molecule has 0 radical (unpaired) electrons. The van der Waals surface area contributed by atoms with E-state index in [4.69, 9.17) is 10.5 Å². The first kappa shape index (κ1) is 8.55. The summed E-state index contributed by atoms with van der Waals surface area (Å²) in [7, 11) is 0. The molecule has 2 rings (SSSR count). The minimum absolute atomic E-state index is 0.212. The smallest absolute Gasteiger partial charge is 0.409 e. The first-order valence-corrected chi connectivity index (χ1v) is 3.94. The molecule has 0 bridgehead atoms. The van der Waals surface area contributed by atoms with Crippen LogP contribution in [0.1, 0.15) is 15.9 Å². The number of fused-ring (bicyclic) bond motifs is 1. The van der Waals surface area contributed by atoms with Crippen LogP contribution in [0.3, 0.4) is 0 Å². The van der Waals surface area contributed by atoms with E-state index in [0.717, 1.165) is 0 Å². The van der Waals surface area contributed by atoms with Crippen LogP contribution in [0.15, 0.2) is 18.2 Å². The lowest BCUT2D eigenvalue weighted by atomic mass is 10.1. The molecule has 0 unspecified atom stereocenters. The molecule has 5 heteroatoms. The van der Waals surface area contributed by atoms with Crippen LogP contribution >= 0.6 is 0 Å². The first-order valence-electron chi connectivity index (χ1n) is 3.94. The van der Waals surface area contributed by atoms with E-state index in [1.165, 1.54) is 6.07 Å². The van der Waals surface area contributed by atoms with Crippen molar-refractivity contribution in [1.29, 1.82) is 0 Å². The van der Waals surface area contributed by atoms with Crippen LogP contribution in [0.25, 0.3) is 0 Å². The summed E-state index contributed by atoms with van der Waals surface area (Å²) >= 11 is 0. The molecule has 0 aliphatic carbocycles. The molecule has 0 saturated carbocycles. The van der Waals surface area contributed by atoms with Crippen molar-refractivity contribution in [2.24, 2.45) is 5.73 Å². The van der Waals surface area contributed by atoms with Crippen molar-refractivity contribution in [2.75, 3.05) is 0 Å². The van der Waals surface area contributed by atoms with Crippen LogP contribution in [0.5, 0.6) is 5.75 Å². The van der Waals surface area contributed by atoms with Gasteiger partial charge >= 0.3 is 12.1 Å². The van der Waals surface area contributed by atoms with Gasteiger partial charge in [-0.2, -0.15) is 0 Å². The molecule has 0 spiro atoms. The van der Waals surface area contributed by atoms with Crippen LogP contribution in [0, 0.1) is 0 Å². The molecular formula is C9H7NO4. The fraction of sp³-hybridized carbons (Fsp3) is 0.111. The summed E-state index contributed by atoms with van der Waals surface area (Å²) in [5.74, 6) is -0.0415. The fourth-order valence-electron chi connectivity index (χ4n) is 1.29. The van der Waals surface area contributed by atoms with E-state index in [2.05, 4.69) is 4.74 Å². The van der Waals surface area contributed by atoms with Gasteiger partial charge in [-0.15, -0.1) is 0 Å². The number of carbonyl (C=O) groups excluding carboxylic acids is 2. The van der Waals surface area contributed by atoms with Crippen LogP contribution in [0.4, 0.5) is 4.79 Å². The lowest BCUT2D eigenvalue weighted by molar-refractivity contribution is 0.0535. The van der Waals surface area contributed by atoms with E-state index in [1.807, 2.05) is 0 Å². The summed E-state index contributed by atoms with van der Waals surface area (Å²) in [6.07, 6.45) is -0.879. The van der Waals surface area contributed by atoms with E-state index in [9.17, 15) is 9.59 Å². The fourth-order valence-corrected chi connectivity index (χ4v) is 1.29. The number of carbonyl (C=O) groups is 2. The molecule has 1 aliphatic heterocycles. The summed E-state index contributed by atoms with van der Waals surface area (Å²) in [6, 6.07) is 4.60. The molecule has 5 nitrogen and oxygen atoms in total. The van der Waals surface area contributed by atoms with Gasteiger partial charge in [-0.1, -0.05) is 0 Å². The average Bonchev–Trinajstić information content (AvgIpc) is 2.46. The number of rotatable bonds is 1. The van der Waals surface area contributed by atoms with Gasteiger partial charge in [-0.05, 0) is 18.2 Å². The van der Waals surface area contributed by atoms with Gasteiger partial charge in [-0.25, -0.2) is 9.59 Å². The minimum Gasteiger partial charge on any atom is -0.457 e. The predicted octanol–water partition coefficient (Wildman–Crippen LogP) is 0.815. The van der Waals surface area contributed by atoms with E-state index >= 15 is 0 Å². The molecular weight excluding hydrogens is 186 g/mol. The van der Waals surface area contributed by atoms with Crippen LogP contribution in [-0.4, -0.2) is 12.1 Å². The number of hydrogen-bond donors (Lipinski definition) is 1. The molecule has 0 aromatic heterocycles. The minimum atomic E-state index is -0.879. The molecule has 2 N–H and O–H groups in total. The molecule has 1 amide bonds. The number of esters is 1. The number of cyclic esters (lactones) is 1. The maximum atomic E-state index is 11.0. The summed E-state index contributed by atoms with van der Waals surface area (Å²) < 4.78 is 9.42. The van der Waals surface area contributed by atoms with Crippen molar-refractivity contribution in [3.05, 3.63) is 29.3 Å². The van der Waals surface area contributed by atoms with Gasteiger partial charge in [0.15, 0.2) is 0 Å². The van der Waals surface area contributed by atoms with Crippen LogP contribution in [0.2, 0.25) is 0 Å². The van der Waals surface area contributed by atoms with E-state index < -0.39 is 6.09 Å². The van der Waals surface area contributed by atoms with Crippen molar-refractivity contribution in [2.45, 2.75) is 6.61 Å². The van der Waals surface area contributed by atoms with Crippen LogP contribution < -0.4 is 10.5 Å². The second kappa shape index (κ2) is 3.02. The third-order valence-corrected chi connectivity index (χ3v) is 1.87. The monoisotopic (exact) mass is 193 g/mol. The maximum absolute atomic E-state index is 11.0. The van der Waals surface area contributed by atoms with Gasteiger partial charge in [0, 0.05) is 5.56 Å². The van der Waals surface area contributed by atoms with Gasteiger partial charge in [-0.3, -0.25) is 0 Å². The zero-order chi connectivity index (χ0) is 10.1. The lowest BCUT2D eigenvalue weighted by Crippen LogP contribution is -2.16. The highest BCUT2D eigenvalue weighted by Crippen LogP contribution is 2.24. The Morgan fingerprint density at radius 2 is 2.29 bits per heavy atom. The van der Waals surface area contributed by atoms with Crippen molar-refractivity contribution in [3.8, 4) is 5.75 Å². The molecule has 0 fully saturated rings. The Morgan fingerprint density at radius 1 is 1.50 bits per heavy atom. The second-order valence-electron chi connectivity index (χ2n) is 2.82. The number of ether oxygens (including phenoxy) is 2. The summed E-state index contributed by atoms with van der Waals surface area (Å²) in [6.45, 7) is 0.212. The number of nitrogens with two attached hydrogens (primary N) is 1. The molecule has 0 atom stereocenters. The molecule has 72 valence electrons. The zero-order valence-electron chi connectivity index (χ0n) is 7.15. The average molecular weight is 193 g/mol. The van der Waals surface area contributed by atoms with Gasteiger partial charge in [0.2, 0.25) is 0 Å². The molecule has 1 heterocycles. The van der Waals surface area contributed by atoms with E-state index in [1.54, 1.807) is 12.1 Å². The maximum Gasteiger partial charge on any atom is 0.409 e. The number of primary amides is 1. The SMILES string of the molecule is NC(=O)Oc1ccc2c(c1)COC2=O. The topological polar surface area (TPSA) is 78.6 Å². The highest BCUT2D eigenvalue weighted by molar-refractivity contribution is 5.93. The third-order valence-electron chi connectivity index (χ3n) is 1.87. The number of hydrogen-bond acceptors (Lipinski definition) is 4. The summed E-state index contributed by atoms with van der Waals surface area (Å²) in [4.78, 5) is 21.5.